The first-order chi connectivity index (χ1) is 12.0. The summed E-state index contributed by atoms with van der Waals surface area (Å²) in [5.74, 6) is 0.283. The lowest BCUT2D eigenvalue weighted by Crippen LogP contribution is -2.19. The molecule has 0 spiro atoms. The van der Waals surface area contributed by atoms with Gasteiger partial charge in [-0.15, -0.1) is 11.8 Å². The van der Waals surface area contributed by atoms with Crippen LogP contribution in [0.2, 0.25) is 5.02 Å². The number of nitrogens with zero attached hydrogens (tertiary/aromatic N) is 2. The molecule has 0 aliphatic rings. The van der Waals surface area contributed by atoms with E-state index in [4.69, 9.17) is 16.3 Å². The smallest absolute Gasteiger partial charge is 0.270 e. The third kappa shape index (κ3) is 5.77. The Balaban J connectivity index is 1.93. The number of carbonyl (C=O) groups excluding carboxylic acids is 1. The predicted molar refractivity (Wildman–Crippen MR) is 97.6 cm³/mol. The highest BCUT2D eigenvalue weighted by Crippen LogP contribution is 2.22. The first-order valence-corrected chi connectivity index (χ1v) is 8.38. The summed E-state index contributed by atoms with van der Waals surface area (Å²) in [6, 6.07) is 11.2. The molecule has 0 unspecified atom stereocenters. The molecule has 2 aromatic rings. The van der Waals surface area contributed by atoms with Gasteiger partial charge in [-0.3, -0.25) is 14.9 Å². The molecule has 9 heteroatoms. The van der Waals surface area contributed by atoms with Crippen LogP contribution in [0, 0.1) is 10.1 Å². The summed E-state index contributed by atoms with van der Waals surface area (Å²) in [5.41, 5.74) is 2.67. The Bertz CT molecular complexity index is 796. The number of hydrogen-bond donors (Lipinski definition) is 1. The van der Waals surface area contributed by atoms with Gasteiger partial charge in [-0.05, 0) is 30.3 Å². The van der Waals surface area contributed by atoms with Crippen molar-refractivity contribution < 1.29 is 14.5 Å². The molecular weight excluding hydrogens is 366 g/mol. The second-order valence-electron chi connectivity index (χ2n) is 4.72. The summed E-state index contributed by atoms with van der Waals surface area (Å²) >= 11 is 7.14. The molecule has 0 saturated carbocycles. The summed E-state index contributed by atoms with van der Waals surface area (Å²) in [5, 5.41) is 15.3. The molecule has 2 rings (SSSR count). The molecule has 130 valence electrons. The van der Waals surface area contributed by atoms with E-state index in [0.29, 0.717) is 16.3 Å². The van der Waals surface area contributed by atoms with Crippen LogP contribution in [0.4, 0.5) is 5.69 Å². The number of nitro benzene ring substituents is 1. The second kappa shape index (κ2) is 9.05. The van der Waals surface area contributed by atoms with Gasteiger partial charge in [-0.1, -0.05) is 11.6 Å². The summed E-state index contributed by atoms with van der Waals surface area (Å²) in [6.45, 7) is 0. The van der Waals surface area contributed by atoms with E-state index in [1.165, 1.54) is 43.3 Å². The van der Waals surface area contributed by atoms with Crippen LogP contribution in [0.25, 0.3) is 0 Å². The van der Waals surface area contributed by atoms with E-state index in [1.54, 1.807) is 12.1 Å². The molecule has 1 N–H and O–H groups in total. The van der Waals surface area contributed by atoms with Crippen molar-refractivity contribution in [2.75, 3.05) is 12.9 Å². The van der Waals surface area contributed by atoms with Gasteiger partial charge in [0.15, 0.2) is 0 Å². The second-order valence-corrected chi connectivity index (χ2v) is 6.20. The number of nitrogens with one attached hydrogen (secondary N) is 1. The van der Waals surface area contributed by atoms with E-state index in [-0.39, 0.29) is 17.3 Å². The molecule has 0 heterocycles. The number of ether oxygens (including phenoxy) is 1. The molecule has 0 bridgehead atoms. The maximum Gasteiger partial charge on any atom is 0.270 e. The van der Waals surface area contributed by atoms with Gasteiger partial charge in [0.25, 0.3) is 5.69 Å². The van der Waals surface area contributed by atoms with Gasteiger partial charge in [-0.25, -0.2) is 5.43 Å². The van der Waals surface area contributed by atoms with Gasteiger partial charge in [-0.2, -0.15) is 5.10 Å². The molecule has 25 heavy (non-hydrogen) atoms. The van der Waals surface area contributed by atoms with Gasteiger partial charge in [0.1, 0.15) is 5.75 Å². The molecule has 1 amide bonds. The molecule has 0 fully saturated rings. The average Bonchev–Trinajstić information content (AvgIpc) is 2.61. The summed E-state index contributed by atoms with van der Waals surface area (Å²) < 4.78 is 5.11. The van der Waals surface area contributed by atoms with Gasteiger partial charge >= 0.3 is 0 Å². The zero-order chi connectivity index (χ0) is 18.2. The zero-order valence-corrected chi connectivity index (χ0v) is 14.7. The molecule has 0 aliphatic heterocycles. The SMILES string of the molecule is COc1ccc([N+](=O)[O-])cc1/C=N\NC(=O)CSc1ccc(Cl)cc1. The molecule has 7 nitrogen and oxygen atoms in total. The molecular formula is C16H14ClN3O4S. The normalized spacial score (nSPS) is 10.6. The summed E-state index contributed by atoms with van der Waals surface area (Å²) in [6.07, 6.45) is 1.30. The molecule has 0 radical (unpaired) electrons. The highest BCUT2D eigenvalue weighted by molar-refractivity contribution is 8.00. The standard InChI is InChI=1S/C16H14ClN3O4S/c1-24-15-7-4-13(20(22)23)8-11(15)9-18-19-16(21)10-25-14-5-2-12(17)3-6-14/h2-9H,10H2,1H3,(H,19,21)/b18-9-. The molecule has 0 saturated heterocycles. The Hall–Kier alpha value is -2.58. The number of nitro groups is 1. The van der Waals surface area contributed by atoms with Crippen molar-refractivity contribution in [1.29, 1.82) is 0 Å². The lowest BCUT2D eigenvalue weighted by Gasteiger charge is -2.04. The molecule has 0 aromatic heterocycles. The number of amides is 1. The van der Waals surface area contributed by atoms with Crippen molar-refractivity contribution in [3.63, 3.8) is 0 Å². The van der Waals surface area contributed by atoms with Crippen LogP contribution in [0.3, 0.4) is 0 Å². The topological polar surface area (TPSA) is 93.8 Å². The largest absolute Gasteiger partial charge is 0.496 e. The fourth-order valence-corrected chi connectivity index (χ4v) is 2.64. The van der Waals surface area contributed by atoms with Crippen molar-refractivity contribution in [2.45, 2.75) is 4.90 Å². The predicted octanol–water partition coefficient (Wildman–Crippen LogP) is 3.50. The van der Waals surface area contributed by atoms with Crippen molar-refractivity contribution in [1.82, 2.24) is 5.43 Å². The monoisotopic (exact) mass is 379 g/mol. The van der Waals surface area contributed by atoms with Crippen LogP contribution in [0.1, 0.15) is 5.56 Å². The van der Waals surface area contributed by atoms with E-state index >= 15 is 0 Å². The van der Waals surface area contributed by atoms with E-state index in [0.717, 1.165) is 4.90 Å². The minimum atomic E-state index is -0.516. The van der Waals surface area contributed by atoms with Crippen LogP contribution in [0.5, 0.6) is 5.75 Å². The number of non-ortho nitro benzene ring substituents is 1. The highest BCUT2D eigenvalue weighted by atomic mass is 35.5. The van der Waals surface area contributed by atoms with Gasteiger partial charge in [0.2, 0.25) is 5.91 Å². The maximum atomic E-state index is 11.8. The first-order valence-electron chi connectivity index (χ1n) is 7.02. The minimum absolute atomic E-state index is 0.0909. The third-order valence-corrected chi connectivity index (χ3v) is 4.26. The van der Waals surface area contributed by atoms with Crippen LogP contribution in [-0.2, 0) is 4.79 Å². The lowest BCUT2D eigenvalue weighted by molar-refractivity contribution is -0.384. The Kier molecular flexibility index (Phi) is 6.79. The van der Waals surface area contributed by atoms with Crippen molar-refractivity contribution in [3.05, 3.63) is 63.2 Å². The number of hydrazone groups is 1. The van der Waals surface area contributed by atoms with Gasteiger partial charge < -0.3 is 4.74 Å². The zero-order valence-electron chi connectivity index (χ0n) is 13.1. The van der Waals surface area contributed by atoms with Crippen LogP contribution < -0.4 is 10.2 Å². The number of benzene rings is 2. The number of halogens is 1. The van der Waals surface area contributed by atoms with Gasteiger partial charge in [0, 0.05) is 27.6 Å². The fourth-order valence-electron chi connectivity index (χ4n) is 1.82. The number of methoxy groups -OCH3 is 1. The van der Waals surface area contributed by atoms with E-state index < -0.39 is 4.92 Å². The molecule has 0 atom stereocenters. The Morgan fingerprint density at radius 3 is 2.72 bits per heavy atom. The first kappa shape index (κ1) is 18.8. The highest BCUT2D eigenvalue weighted by Gasteiger charge is 2.10. The van der Waals surface area contributed by atoms with Gasteiger partial charge in [0.05, 0.1) is 24.0 Å². The van der Waals surface area contributed by atoms with E-state index in [2.05, 4.69) is 10.5 Å². The molecule has 0 aliphatic carbocycles. The summed E-state index contributed by atoms with van der Waals surface area (Å²) in [7, 11) is 1.44. The molecule has 2 aromatic carbocycles. The number of thioether (sulfide) groups is 1. The van der Waals surface area contributed by atoms with Crippen LogP contribution in [-0.4, -0.2) is 29.9 Å². The van der Waals surface area contributed by atoms with Crippen LogP contribution >= 0.6 is 23.4 Å². The summed E-state index contributed by atoms with van der Waals surface area (Å²) in [4.78, 5) is 23.0. The third-order valence-electron chi connectivity index (χ3n) is 3.00. The Morgan fingerprint density at radius 1 is 1.36 bits per heavy atom. The van der Waals surface area contributed by atoms with E-state index in [1.807, 2.05) is 12.1 Å². The lowest BCUT2D eigenvalue weighted by atomic mass is 10.2. The number of carbonyl (C=O) groups is 1. The Morgan fingerprint density at radius 2 is 2.08 bits per heavy atom. The maximum absolute atomic E-state index is 11.8. The van der Waals surface area contributed by atoms with Crippen LogP contribution in [0.15, 0.2) is 52.5 Å². The minimum Gasteiger partial charge on any atom is -0.496 e. The average molecular weight is 380 g/mol. The Labute approximate surface area is 153 Å². The van der Waals surface area contributed by atoms with Crippen molar-refractivity contribution >= 4 is 41.2 Å². The number of rotatable bonds is 7. The fraction of sp³-hybridized carbons (Fsp3) is 0.125. The van der Waals surface area contributed by atoms with Crippen molar-refractivity contribution in [2.24, 2.45) is 5.10 Å². The van der Waals surface area contributed by atoms with Crippen molar-refractivity contribution in [3.8, 4) is 5.75 Å². The van der Waals surface area contributed by atoms with E-state index in [9.17, 15) is 14.9 Å². The quantitative estimate of drug-likeness (QED) is 0.344. The number of hydrogen-bond acceptors (Lipinski definition) is 6.